The van der Waals surface area contributed by atoms with Crippen LogP contribution in [0.4, 0.5) is 16.2 Å². The molecule has 0 bridgehead atoms. The maximum absolute atomic E-state index is 11.7. The van der Waals surface area contributed by atoms with Gasteiger partial charge in [0.25, 0.3) is 0 Å². The van der Waals surface area contributed by atoms with Crippen molar-refractivity contribution in [1.82, 2.24) is 5.32 Å². The largest absolute Gasteiger partial charge is 0.348 e. The molecular formula is C13H16BrN2O. The quantitative estimate of drug-likeness (QED) is 0.824. The van der Waals surface area contributed by atoms with Gasteiger partial charge in [0.1, 0.15) is 5.69 Å². The summed E-state index contributed by atoms with van der Waals surface area (Å²) >= 11 is 3.46. The molecule has 91 valence electrons. The van der Waals surface area contributed by atoms with E-state index in [4.69, 9.17) is 0 Å². The van der Waals surface area contributed by atoms with E-state index in [-0.39, 0.29) is 6.03 Å². The highest BCUT2D eigenvalue weighted by Gasteiger charge is 2.31. The molecule has 2 rings (SSSR count). The number of carbonyl (C=O) groups is 1. The van der Waals surface area contributed by atoms with Gasteiger partial charge in [-0.2, -0.15) is 5.32 Å². The fraction of sp³-hybridized carbons (Fsp3) is 0.462. The summed E-state index contributed by atoms with van der Waals surface area (Å²) in [5.41, 5.74) is 2.98. The molecular weight excluding hydrogens is 280 g/mol. The van der Waals surface area contributed by atoms with Crippen molar-refractivity contribution in [2.45, 2.75) is 32.6 Å². The minimum absolute atomic E-state index is 0.181. The molecule has 1 aliphatic rings. The van der Waals surface area contributed by atoms with E-state index in [1.54, 1.807) is 11.9 Å². The molecule has 0 fully saturated rings. The summed E-state index contributed by atoms with van der Waals surface area (Å²) in [6, 6.07) is 3.91. The second-order valence-corrected chi connectivity index (χ2v) is 5.15. The molecule has 0 spiro atoms. The van der Waals surface area contributed by atoms with Crippen LogP contribution in [0.5, 0.6) is 0 Å². The van der Waals surface area contributed by atoms with E-state index >= 15 is 0 Å². The number of hydrogen-bond donors (Lipinski definition) is 0. The molecule has 1 radical (unpaired) electrons. The van der Waals surface area contributed by atoms with Crippen LogP contribution in [0.25, 0.3) is 0 Å². The number of hydrogen-bond acceptors (Lipinski definition) is 1. The van der Waals surface area contributed by atoms with Crippen molar-refractivity contribution in [3.63, 3.8) is 0 Å². The molecule has 0 saturated heterocycles. The summed E-state index contributed by atoms with van der Waals surface area (Å²) in [6.07, 6.45) is 2.15. The molecule has 0 N–H and O–H groups in total. The Morgan fingerprint density at radius 1 is 1.35 bits per heavy atom. The Balaban J connectivity index is 2.57. The van der Waals surface area contributed by atoms with E-state index in [1.807, 2.05) is 6.07 Å². The first-order valence-corrected chi connectivity index (χ1v) is 6.71. The smallest absolute Gasteiger partial charge is 0.293 e. The van der Waals surface area contributed by atoms with Gasteiger partial charge in [0.15, 0.2) is 0 Å². The van der Waals surface area contributed by atoms with Crippen molar-refractivity contribution in [3.05, 3.63) is 22.2 Å². The molecule has 2 amide bonds. The third kappa shape index (κ3) is 1.95. The van der Waals surface area contributed by atoms with Gasteiger partial charge in [0.2, 0.25) is 0 Å². The predicted molar refractivity (Wildman–Crippen MR) is 73.1 cm³/mol. The van der Waals surface area contributed by atoms with Crippen molar-refractivity contribution >= 4 is 33.3 Å². The van der Waals surface area contributed by atoms with E-state index in [9.17, 15) is 4.79 Å². The highest BCUT2D eigenvalue weighted by molar-refractivity contribution is 9.10. The molecule has 0 unspecified atom stereocenters. The number of halogens is 1. The van der Waals surface area contributed by atoms with Gasteiger partial charge in [-0.3, -0.25) is 4.90 Å². The predicted octanol–water partition coefficient (Wildman–Crippen LogP) is 4.16. The number of amides is 2. The van der Waals surface area contributed by atoms with Gasteiger partial charge < -0.3 is 0 Å². The Kier molecular flexibility index (Phi) is 3.43. The fourth-order valence-electron chi connectivity index (χ4n) is 2.35. The Morgan fingerprint density at radius 2 is 2.00 bits per heavy atom. The number of carbonyl (C=O) groups excluding carboxylic acids is 1. The number of urea groups is 1. The first-order chi connectivity index (χ1) is 8.10. The van der Waals surface area contributed by atoms with Crippen molar-refractivity contribution in [3.8, 4) is 0 Å². The number of benzene rings is 1. The van der Waals surface area contributed by atoms with E-state index in [0.717, 1.165) is 28.7 Å². The molecule has 0 saturated carbocycles. The van der Waals surface area contributed by atoms with E-state index in [0.29, 0.717) is 5.92 Å². The Labute approximate surface area is 110 Å². The molecule has 3 nitrogen and oxygen atoms in total. The van der Waals surface area contributed by atoms with Gasteiger partial charge in [-0.05, 0) is 46.3 Å². The fourth-order valence-corrected chi connectivity index (χ4v) is 2.76. The lowest BCUT2D eigenvalue weighted by atomic mass is 9.92. The van der Waals surface area contributed by atoms with Gasteiger partial charge in [-0.1, -0.05) is 19.9 Å². The van der Waals surface area contributed by atoms with Crippen LogP contribution in [-0.2, 0) is 0 Å². The average Bonchev–Trinajstić information content (AvgIpc) is 2.62. The van der Waals surface area contributed by atoms with Crippen LogP contribution in [0.3, 0.4) is 0 Å². The number of anilines is 1. The average molecular weight is 296 g/mol. The zero-order valence-electron chi connectivity index (χ0n) is 10.3. The lowest BCUT2D eigenvalue weighted by Gasteiger charge is -2.20. The van der Waals surface area contributed by atoms with Gasteiger partial charge in [0, 0.05) is 11.5 Å². The zero-order valence-corrected chi connectivity index (χ0v) is 11.9. The molecule has 1 aromatic carbocycles. The minimum Gasteiger partial charge on any atom is -0.293 e. The van der Waals surface area contributed by atoms with Crippen LogP contribution >= 0.6 is 15.9 Å². The van der Waals surface area contributed by atoms with Crippen LogP contribution in [-0.4, -0.2) is 13.1 Å². The molecule has 17 heavy (non-hydrogen) atoms. The Bertz CT molecular complexity index is 455. The first-order valence-electron chi connectivity index (χ1n) is 5.91. The van der Waals surface area contributed by atoms with Crippen molar-refractivity contribution in [1.29, 1.82) is 0 Å². The summed E-state index contributed by atoms with van der Waals surface area (Å²) in [4.78, 5) is 13.3. The first kappa shape index (κ1) is 12.4. The summed E-state index contributed by atoms with van der Waals surface area (Å²) in [7, 11) is 1.79. The van der Waals surface area contributed by atoms with Crippen LogP contribution in [0.2, 0.25) is 0 Å². The second-order valence-electron chi connectivity index (χ2n) is 4.30. The third-order valence-corrected chi connectivity index (χ3v) is 4.03. The molecule has 0 aliphatic carbocycles. The van der Waals surface area contributed by atoms with Crippen LogP contribution in [0.15, 0.2) is 16.6 Å². The molecule has 0 atom stereocenters. The van der Waals surface area contributed by atoms with Crippen LogP contribution < -0.4 is 10.2 Å². The topological polar surface area (TPSA) is 34.4 Å². The Morgan fingerprint density at radius 3 is 2.59 bits per heavy atom. The summed E-state index contributed by atoms with van der Waals surface area (Å²) in [5.74, 6) is 0.486. The SMILES string of the molecule is CCC(CC)c1ccc(Br)c2c1N(C)C(=O)[N]2. The van der Waals surface area contributed by atoms with E-state index in [1.165, 1.54) is 5.56 Å². The van der Waals surface area contributed by atoms with E-state index in [2.05, 4.69) is 41.2 Å². The third-order valence-electron chi connectivity index (χ3n) is 3.39. The molecule has 1 heterocycles. The van der Waals surface area contributed by atoms with Gasteiger partial charge in [-0.15, -0.1) is 0 Å². The molecule has 1 aliphatic heterocycles. The van der Waals surface area contributed by atoms with Crippen molar-refractivity contribution in [2.75, 3.05) is 11.9 Å². The second kappa shape index (κ2) is 4.69. The molecule has 4 heteroatoms. The highest BCUT2D eigenvalue weighted by Crippen LogP contribution is 2.44. The summed E-state index contributed by atoms with van der Waals surface area (Å²) in [6.45, 7) is 4.35. The molecule has 1 aromatic rings. The summed E-state index contributed by atoms with van der Waals surface area (Å²) in [5, 5.41) is 4.08. The number of rotatable bonds is 3. The highest BCUT2D eigenvalue weighted by atomic mass is 79.9. The summed E-state index contributed by atoms with van der Waals surface area (Å²) < 4.78 is 0.889. The lowest BCUT2D eigenvalue weighted by molar-refractivity contribution is 0.252. The van der Waals surface area contributed by atoms with Crippen molar-refractivity contribution < 1.29 is 4.79 Å². The number of nitrogens with zero attached hydrogens (tertiary/aromatic N) is 2. The van der Waals surface area contributed by atoms with Gasteiger partial charge in [-0.25, -0.2) is 4.79 Å². The Hall–Kier alpha value is -1.03. The normalized spacial score (nSPS) is 14.2. The van der Waals surface area contributed by atoms with E-state index < -0.39 is 0 Å². The zero-order chi connectivity index (χ0) is 12.6. The maximum atomic E-state index is 11.7. The standard InChI is InChI=1S/C13H16BrN2O/c1-4-8(5-2)9-6-7-10(14)11-12(9)16(3)13(17)15-11/h6-8H,4-5H2,1-3H3. The van der Waals surface area contributed by atoms with Crippen LogP contribution in [0, 0.1) is 0 Å². The van der Waals surface area contributed by atoms with Crippen molar-refractivity contribution in [2.24, 2.45) is 0 Å². The van der Waals surface area contributed by atoms with Gasteiger partial charge in [0.05, 0.1) is 5.69 Å². The number of fused-ring (bicyclic) bond motifs is 1. The molecule has 0 aromatic heterocycles. The lowest BCUT2D eigenvalue weighted by Crippen LogP contribution is -2.23. The minimum atomic E-state index is -0.181. The monoisotopic (exact) mass is 295 g/mol. The van der Waals surface area contributed by atoms with Gasteiger partial charge >= 0.3 is 6.03 Å². The maximum Gasteiger partial charge on any atom is 0.348 e. The van der Waals surface area contributed by atoms with Crippen LogP contribution in [0.1, 0.15) is 38.2 Å².